The molecular formula is C13H12ClN3O2S. The summed E-state index contributed by atoms with van der Waals surface area (Å²) in [5.74, 6) is 1.20. The molecule has 2 aromatic rings. The van der Waals surface area contributed by atoms with Gasteiger partial charge in [0.15, 0.2) is 0 Å². The summed E-state index contributed by atoms with van der Waals surface area (Å²) in [6.45, 7) is 2.05. The monoisotopic (exact) mass is 309 g/mol. The molecule has 0 bridgehead atoms. The minimum absolute atomic E-state index is 0.0565. The first kappa shape index (κ1) is 13.5. The normalized spacial score (nSPS) is 18.5. The number of rotatable bonds is 3. The third kappa shape index (κ3) is 2.29. The van der Waals surface area contributed by atoms with Crippen LogP contribution < -0.4 is 0 Å². The van der Waals surface area contributed by atoms with Gasteiger partial charge in [-0.25, -0.2) is 0 Å². The molecule has 0 amide bonds. The molecule has 0 radical (unpaired) electrons. The molecule has 2 heterocycles. The van der Waals surface area contributed by atoms with Gasteiger partial charge in [-0.15, -0.1) is 23.4 Å². The van der Waals surface area contributed by atoms with Crippen LogP contribution in [0.15, 0.2) is 23.2 Å². The van der Waals surface area contributed by atoms with Crippen LogP contribution in [-0.2, 0) is 5.88 Å². The fourth-order valence-corrected chi connectivity index (χ4v) is 3.39. The lowest BCUT2D eigenvalue weighted by atomic mass is 10.1. The molecule has 0 spiro atoms. The number of aromatic nitrogens is 1. The summed E-state index contributed by atoms with van der Waals surface area (Å²) in [6.07, 6.45) is 0. The number of alkyl halides is 1. The van der Waals surface area contributed by atoms with Gasteiger partial charge in [-0.05, 0) is 24.6 Å². The quantitative estimate of drug-likeness (QED) is 0.534. The number of non-ortho nitro benzene ring substituents is 1. The van der Waals surface area contributed by atoms with Crippen LogP contribution in [0.2, 0.25) is 0 Å². The Morgan fingerprint density at radius 1 is 1.55 bits per heavy atom. The molecule has 1 N–H and O–H groups in total. The molecule has 0 aliphatic carbocycles. The van der Waals surface area contributed by atoms with Crippen molar-refractivity contribution in [2.24, 2.45) is 4.99 Å². The number of aliphatic imine (C=N–C) groups is 1. The zero-order valence-electron chi connectivity index (χ0n) is 10.7. The van der Waals surface area contributed by atoms with E-state index >= 15 is 0 Å². The fraction of sp³-hybridized carbons (Fsp3) is 0.308. The Kier molecular flexibility index (Phi) is 3.43. The minimum atomic E-state index is -0.384. The van der Waals surface area contributed by atoms with E-state index in [0.29, 0.717) is 5.52 Å². The molecule has 20 heavy (non-hydrogen) atoms. The molecule has 5 nitrogen and oxygen atoms in total. The number of nitrogens with zero attached hydrogens (tertiary/aromatic N) is 2. The van der Waals surface area contributed by atoms with Crippen molar-refractivity contribution in [3.8, 4) is 0 Å². The van der Waals surface area contributed by atoms with Crippen LogP contribution in [0.5, 0.6) is 0 Å². The van der Waals surface area contributed by atoms with Crippen LogP contribution in [0.1, 0.15) is 18.2 Å². The first-order chi connectivity index (χ1) is 9.58. The van der Waals surface area contributed by atoms with Gasteiger partial charge in [0.05, 0.1) is 16.7 Å². The highest BCUT2D eigenvalue weighted by molar-refractivity contribution is 8.14. The van der Waals surface area contributed by atoms with Gasteiger partial charge in [0.25, 0.3) is 5.69 Å². The highest BCUT2D eigenvalue weighted by Crippen LogP contribution is 2.31. The molecule has 0 saturated heterocycles. The molecule has 0 unspecified atom stereocenters. The zero-order chi connectivity index (χ0) is 14.3. The van der Waals surface area contributed by atoms with Crippen LogP contribution in [0, 0.1) is 10.1 Å². The number of nitro groups is 1. The van der Waals surface area contributed by atoms with Gasteiger partial charge in [0, 0.05) is 23.1 Å². The molecule has 0 saturated carbocycles. The molecule has 1 aliphatic rings. The number of fused-ring (bicyclic) bond motifs is 1. The van der Waals surface area contributed by atoms with Crippen LogP contribution in [0.4, 0.5) is 5.69 Å². The van der Waals surface area contributed by atoms with Crippen molar-refractivity contribution in [1.29, 1.82) is 0 Å². The lowest BCUT2D eigenvalue weighted by molar-refractivity contribution is -0.383. The Morgan fingerprint density at radius 2 is 2.35 bits per heavy atom. The predicted octanol–water partition coefficient (Wildman–Crippen LogP) is 3.70. The number of halogens is 1. The number of H-pyrrole nitrogens is 1. The number of nitrogens with one attached hydrogen (secondary N) is 1. The third-order valence-corrected chi connectivity index (χ3v) is 4.70. The minimum Gasteiger partial charge on any atom is -0.347 e. The number of benzene rings is 1. The van der Waals surface area contributed by atoms with Gasteiger partial charge in [-0.2, -0.15) is 0 Å². The van der Waals surface area contributed by atoms with E-state index in [2.05, 4.69) is 16.9 Å². The van der Waals surface area contributed by atoms with Gasteiger partial charge in [0.1, 0.15) is 10.6 Å². The Balaban J connectivity index is 2.17. The first-order valence-corrected chi connectivity index (χ1v) is 7.67. The van der Waals surface area contributed by atoms with Crippen LogP contribution >= 0.6 is 23.4 Å². The molecule has 0 fully saturated rings. The summed E-state index contributed by atoms with van der Waals surface area (Å²) in [7, 11) is 0. The molecule has 1 aromatic carbocycles. The summed E-state index contributed by atoms with van der Waals surface area (Å²) >= 11 is 7.46. The number of thioether (sulfide) groups is 1. The lowest BCUT2D eigenvalue weighted by Crippen LogP contribution is -1.94. The average Bonchev–Trinajstić information content (AvgIpc) is 3.02. The lowest BCUT2D eigenvalue weighted by Gasteiger charge is -1.98. The van der Waals surface area contributed by atoms with E-state index in [1.807, 2.05) is 12.1 Å². The highest BCUT2D eigenvalue weighted by atomic mass is 35.5. The highest BCUT2D eigenvalue weighted by Gasteiger charge is 2.21. The number of nitro benzene ring substituents is 1. The Hall–Kier alpha value is -1.53. The smallest absolute Gasteiger partial charge is 0.293 e. The number of aromatic amines is 1. The van der Waals surface area contributed by atoms with Crippen LogP contribution in [0.3, 0.4) is 0 Å². The van der Waals surface area contributed by atoms with Gasteiger partial charge in [-0.1, -0.05) is 0 Å². The van der Waals surface area contributed by atoms with Crippen molar-refractivity contribution in [3.05, 3.63) is 39.6 Å². The molecule has 7 heteroatoms. The second kappa shape index (κ2) is 5.10. The van der Waals surface area contributed by atoms with Crippen LogP contribution in [0.25, 0.3) is 10.9 Å². The van der Waals surface area contributed by atoms with Gasteiger partial charge in [0.2, 0.25) is 0 Å². The summed E-state index contributed by atoms with van der Waals surface area (Å²) in [5, 5.41) is 12.9. The van der Waals surface area contributed by atoms with E-state index < -0.39 is 0 Å². The molecule has 3 rings (SSSR count). The average molecular weight is 310 g/mol. The van der Waals surface area contributed by atoms with E-state index in [-0.39, 0.29) is 22.5 Å². The number of hydrogen-bond acceptors (Lipinski definition) is 4. The van der Waals surface area contributed by atoms with Crippen molar-refractivity contribution in [1.82, 2.24) is 4.98 Å². The van der Waals surface area contributed by atoms with Crippen molar-refractivity contribution in [2.75, 3.05) is 5.75 Å². The van der Waals surface area contributed by atoms with Crippen molar-refractivity contribution in [2.45, 2.75) is 18.8 Å². The van der Waals surface area contributed by atoms with Crippen molar-refractivity contribution >= 4 is 45.0 Å². The van der Waals surface area contributed by atoms with Gasteiger partial charge < -0.3 is 4.98 Å². The Labute approximate surface area is 124 Å². The largest absolute Gasteiger partial charge is 0.347 e. The summed E-state index contributed by atoms with van der Waals surface area (Å²) in [4.78, 5) is 18.4. The van der Waals surface area contributed by atoms with E-state index in [1.165, 1.54) is 6.07 Å². The Morgan fingerprint density at radius 3 is 2.95 bits per heavy atom. The third-order valence-electron chi connectivity index (χ3n) is 3.15. The molecular weight excluding hydrogens is 298 g/mol. The van der Waals surface area contributed by atoms with E-state index in [4.69, 9.17) is 11.6 Å². The first-order valence-electron chi connectivity index (χ1n) is 6.15. The standard InChI is InChI=1S/C13H12ClN3O2S/c1-7-6-20-13(15-7)10-4-9-2-8(5-14)3-11(17(18)19)12(9)16-10/h2-4,7,16H,5-6H2,1H3/t7-/m1/s1. The fourth-order valence-electron chi connectivity index (χ4n) is 2.24. The summed E-state index contributed by atoms with van der Waals surface area (Å²) in [5.41, 5.74) is 2.16. The van der Waals surface area contributed by atoms with E-state index in [9.17, 15) is 10.1 Å². The van der Waals surface area contributed by atoms with E-state index in [0.717, 1.165) is 27.4 Å². The maximum Gasteiger partial charge on any atom is 0.293 e. The topological polar surface area (TPSA) is 71.3 Å². The second-order valence-electron chi connectivity index (χ2n) is 4.75. The molecule has 1 atom stereocenters. The van der Waals surface area contributed by atoms with Crippen molar-refractivity contribution in [3.63, 3.8) is 0 Å². The zero-order valence-corrected chi connectivity index (χ0v) is 12.3. The van der Waals surface area contributed by atoms with Gasteiger partial charge in [-0.3, -0.25) is 15.1 Å². The Bertz CT molecular complexity index is 726. The number of hydrogen-bond donors (Lipinski definition) is 1. The molecule has 1 aliphatic heterocycles. The SMILES string of the molecule is C[C@@H]1CSC(c2cc3cc(CCl)cc([N+](=O)[O-])c3[nH]2)=N1. The van der Waals surface area contributed by atoms with E-state index in [1.54, 1.807) is 11.8 Å². The van der Waals surface area contributed by atoms with Crippen molar-refractivity contribution < 1.29 is 4.92 Å². The maximum atomic E-state index is 11.2. The van der Waals surface area contributed by atoms with Crippen LogP contribution in [-0.4, -0.2) is 26.7 Å². The molecule has 1 aromatic heterocycles. The summed E-state index contributed by atoms with van der Waals surface area (Å²) < 4.78 is 0. The predicted molar refractivity (Wildman–Crippen MR) is 83.0 cm³/mol. The van der Waals surface area contributed by atoms with Gasteiger partial charge >= 0.3 is 0 Å². The second-order valence-corrected chi connectivity index (χ2v) is 6.02. The molecule has 104 valence electrons. The summed E-state index contributed by atoms with van der Waals surface area (Å²) in [6, 6.07) is 5.58. The maximum absolute atomic E-state index is 11.2.